The Morgan fingerprint density at radius 3 is 2.85 bits per heavy atom. The lowest BCUT2D eigenvalue weighted by Crippen LogP contribution is -2.50. The van der Waals surface area contributed by atoms with Gasteiger partial charge in [-0.15, -0.1) is 0 Å². The van der Waals surface area contributed by atoms with Gasteiger partial charge in [-0.2, -0.15) is 5.10 Å². The molecule has 2 heterocycles. The Morgan fingerprint density at radius 1 is 1.45 bits per heavy atom. The van der Waals surface area contributed by atoms with Crippen LogP contribution in [0.5, 0.6) is 0 Å². The van der Waals surface area contributed by atoms with Gasteiger partial charge in [0.25, 0.3) is 0 Å². The lowest BCUT2D eigenvalue weighted by molar-refractivity contribution is -0.0558. The molecule has 1 aromatic heterocycles. The van der Waals surface area contributed by atoms with Gasteiger partial charge in [0, 0.05) is 37.4 Å². The van der Waals surface area contributed by atoms with Gasteiger partial charge in [0.05, 0.1) is 24.9 Å². The third kappa shape index (κ3) is 3.59. The van der Waals surface area contributed by atoms with Crippen LogP contribution in [0.1, 0.15) is 39.3 Å². The number of likely N-dealkylation sites (N-methyl/N-ethyl adjacent to an activating group) is 1. The predicted octanol–water partition coefficient (Wildman–Crippen LogP) is 1.66. The highest BCUT2D eigenvalue weighted by Crippen LogP contribution is 2.23. The van der Waals surface area contributed by atoms with E-state index in [1.165, 1.54) is 5.56 Å². The molecule has 0 radical (unpaired) electrons. The third-order valence-electron chi connectivity index (χ3n) is 3.99. The molecule has 2 atom stereocenters. The standard InChI is InChI=1S/C15H28N4O/c1-5-16-15(13-9-17-19(6-2)10-13)14-11-18(12(3)4)7-8-20-14/h9-10,12,14-16H,5-8,11H2,1-4H3. The molecular formula is C15H28N4O. The summed E-state index contributed by atoms with van der Waals surface area (Å²) in [7, 11) is 0. The Hall–Kier alpha value is -0.910. The molecule has 1 N–H and O–H groups in total. The molecule has 0 aromatic carbocycles. The number of morpholine rings is 1. The minimum Gasteiger partial charge on any atom is -0.374 e. The summed E-state index contributed by atoms with van der Waals surface area (Å²) in [5, 5.41) is 7.95. The summed E-state index contributed by atoms with van der Waals surface area (Å²) >= 11 is 0. The maximum atomic E-state index is 6.03. The molecule has 0 amide bonds. The zero-order chi connectivity index (χ0) is 14.5. The van der Waals surface area contributed by atoms with Crippen molar-refractivity contribution in [1.82, 2.24) is 20.0 Å². The summed E-state index contributed by atoms with van der Waals surface area (Å²) < 4.78 is 8.00. The summed E-state index contributed by atoms with van der Waals surface area (Å²) in [6, 6.07) is 0.795. The molecule has 20 heavy (non-hydrogen) atoms. The fourth-order valence-corrected chi connectivity index (χ4v) is 2.76. The van der Waals surface area contributed by atoms with Gasteiger partial charge in [0.15, 0.2) is 0 Å². The van der Waals surface area contributed by atoms with Gasteiger partial charge in [0.1, 0.15) is 0 Å². The van der Waals surface area contributed by atoms with Gasteiger partial charge in [0.2, 0.25) is 0 Å². The molecule has 1 saturated heterocycles. The van der Waals surface area contributed by atoms with Crippen LogP contribution in [0, 0.1) is 0 Å². The molecule has 1 aliphatic rings. The molecule has 2 rings (SSSR count). The minimum absolute atomic E-state index is 0.195. The number of rotatable bonds is 6. The van der Waals surface area contributed by atoms with Crippen molar-refractivity contribution >= 4 is 0 Å². The first kappa shape index (κ1) is 15.5. The van der Waals surface area contributed by atoms with Gasteiger partial charge in [-0.05, 0) is 27.3 Å². The Balaban J connectivity index is 2.11. The van der Waals surface area contributed by atoms with E-state index in [4.69, 9.17) is 4.74 Å². The van der Waals surface area contributed by atoms with Crippen molar-refractivity contribution in [2.24, 2.45) is 0 Å². The van der Waals surface area contributed by atoms with Crippen LogP contribution in [-0.4, -0.2) is 53.1 Å². The Kier molecular flexibility index (Phi) is 5.57. The van der Waals surface area contributed by atoms with Crippen molar-refractivity contribution in [2.75, 3.05) is 26.2 Å². The zero-order valence-corrected chi connectivity index (χ0v) is 13.2. The average Bonchev–Trinajstić information content (AvgIpc) is 2.93. The summed E-state index contributed by atoms with van der Waals surface area (Å²) in [5.74, 6) is 0. The molecule has 0 saturated carbocycles. The van der Waals surface area contributed by atoms with Crippen molar-refractivity contribution in [3.8, 4) is 0 Å². The second-order valence-electron chi connectivity index (χ2n) is 5.66. The molecule has 0 spiro atoms. The predicted molar refractivity (Wildman–Crippen MR) is 80.8 cm³/mol. The normalized spacial score (nSPS) is 22.4. The first-order chi connectivity index (χ1) is 9.65. The van der Waals surface area contributed by atoms with E-state index in [1.54, 1.807) is 0 Å². The van der Waals surface area contributed by atoms with Crippen LogP contribution >= 0.6 is 0 Å². The molecule has 5 nitrogen and oxygen atoms in total. The van der Waals surface area contributed by atoms with E-state index in [-0.39, 0.29) is 12.1 Å². The highest BCUT2D eigenvalue weighted by Gasteiger charge is 2.30. The number of nitrogens with zero attached hydrogens (tertiary/aromatic N) is 3. The molecule has 114 valence electrons. The van der Waals surface area contributed by atoms with E-state index in [1.807, 2.05) is 10.9 Å². The Bertz CT molecular complexity index is 404. The monoisotopic (exact) mass is 280 g/mol. The highest BCUT2D eigenvalue weighted by molar-refractivity contribution is 5.13. The van der Waals surface area contributed by atoms with Crippen LogP contribution in [0.3, 0.4) is 0 Å². The fourth-order valence-electron chi connectivity index (χ4n) is 2.76. The van der Waals surface area contributed by atoms with Crippen LogP contribution in [0.15, 0.2) is 12.4 Å². The molecule has 2 unspecified atom stereocenters. The van der Waals surface area contributed by atoms with Crippen LogP contribution in [-0.2, 0) is 11.3 Å². The number of hydrogen-bond donors (Lipinski definition) is 1. The van der Waals surface area contributed by atoms with E-state index >= 15 is 0 Å². The lowest BCUT2D eigenvalue weighted by Gasteiger charge is -2.39. The van der Waals surface area contributed by atoms with Gasteiger partial charge < -0.3 is 10.1 Å². The van der Waals surface area contributed by atoms with Crippen LogP contribution < -0.4 is 5.32 Å². The van der Waals surface area contributed by atoms with Crippen LogP contribution in [0.2, 0.25) is 0 Å². The smallest absolute Gasteiger partial charge is 0.0898 e. The van der Waals surface area contributed by atoms with Crippen molar-refractivity contribution < 1.29 is 4.74 Å². The fraction of sp³-hybridized carbons (Fsp3) is 0.800. The highest BCUT2D eigenvalue weighted by atomic mass is 16.5. The van der Waals surface area contributed by atoms with E-state index in [2.05, 4.69) is 49.2 Å². The number of ether oxygens (including phenoxy) is 1. The van der Waals surface area contributed by atoms with Crippen molar-refractivity contribution in [1.29, 1.82) is 0 Å². The maximum Gasteiger partial charge on any atom is 0.0898 e. The number of aryl methyl sites for hydroxylation is 1. The van der Waals surface area contributed by atoms with Gasteiger partial charge in [-0.1, -0.05) is 6.92 Å². The molecule has 5 heteroatoms. The zero-order valence-electron chi connectivity index (χ0n) is 13.2. The van der Waals surface area contributed by atoms with Crippen LogP contribution in [0.25, 0.3) is 0 Å². The van der Waals surface area contributed by atoms with Gasteiger partial charge >= 0.3 is 0 Å². The second kappa shape index (κ2) is 7.20. The molecule has 1 aliphatic heterocycles. The maximum absolute atomic E-state index is 6.03. The second-order valence-corrected chi connectivity index (χ2v) is 5.66. The lowest BCUT2D eigenvalue weighted by atomic mass is 10.0. The number of nitrogens with one attached hydrogen (secondary N) is 1. The van der Waals surface area contributed by atoms with E-state index < -0.39 is 0 Å². The summed E-state index contributed by atoms with van der Waals surface area (Å²) in [6.07, 6.45) is 4.29. The number of aromatic nitrogens is 2. The molecule has 1 aromatic rings. The first-order valence-electron chi connectivity index (χ1n) is 7.77. The topological polar surface area (TPSA) is 42.3 Å². The van der Waals surface area contributed by atoms with Gasteiger partial charge in [-0.25, -0.2) is 0 Å². The average molecular weight is 280 g/mol. The van der Waals surface area contributed by atoms with E-state index in [0.717, 1.165) is 32.8 Å². The van der Waals surface area contributed by atoms with Crippen molar-refractivity contribution in [2.45, 2.75) is 52.4 Å². The van der Waals surface area contributed by atoms with E-state index in [9.17, 15) is 0 Å². The summed E-state index contributed by atoms with van der Waals surface area (Å²) in [5.41, 5.74) is 1.23. The number of hydrogen-bond acceptors (Lipinski definition) is 4. The van der Waals surface area contributed by atoms with Crippen LogP contribution in [0.4, 0.5) is 0 Å². The largest absolute Gasteiger partial charge is 0.374 e. The summed E-state index contributed by atoms with van der Waals surface area (Å²) in [4.78, 5) is 2.49. The van der Waals surface area contributed by atoms with Gasteiger partial charge in [-0.3, -0.25) is 9.58 Å². The Labute approximate surface area is 122 Å². The molecule has 0 aliphatic carbocycles. The summed E-state index contributed by atoms with van der Waals surface area (Å²) in [6.45, 7) is 13.4. The van der Waals surface area contributed by atoms with E-state index in [0.29, 0.717) is 6.04 Å². The minimum atomic E-state index is 0.195. The van der Waals surface area contributed by atoms with Crippen molar-refractivity contribution in [3.63, 3.8) is 0 Å². The molecule has 0 bridgehead atoms. The van der Waals surface area contributed by atoms with Crippen molar-refractivity contribution in [3.05, 3.63) is 18.0 Å². The molecule has 1 fully saturated rings. The third-order valence-corrected chi connectivity index (χ3v) is 3.99. The molecular weight excluding hydrogens is 252 g/mol. The SMILES string of the molecule is CCNC(c1cnn(CC)c1)C1CN(C(C)C)CCO1. The quantitative estimate of drug-likeness (QED) is 0.860. The first-order valence-corrected chi connectivity index (χ1v) is 7.77. The Morgan fingerprint density at radius 2 is 2.25 bits per heavy atom.